The number of alkyl halides is 2. The minimum absolute atomic E-state index is 0.308. The highest BCUT2D eigenvalue weighted by molar-refractivity contribution is 6.53. The van der Waals surface area contributed by atoms with Crippen molar-refractivity contribution < 1.29 is 14.3 Å². The van der Waals surface area contributed by atoms with Crippen LogP contribution in [0.2, 0.25) is 5.02 Å². The first-order valence-electron chi connectivity index (χ1n) is 5.71. The van der Waals surface area contributed by atoms with Gasteiger partial charge in [-0.15, -0.1) is 23.2 Å². The van der Waals surface area contributed by atoms with E-state index in [4.69, 9.17) is 39.5 Å². The number of carbonyl (C=O) groups is 2. The fraction of sp³-hybridized carbons (Fsp3) is 0.417. The normalized spacial score (nSPS) is 23.0. The van der Waals surface area contributed by atoms with Gasteiger partial charge in [-0.2, -0.15) is 0 Å². The number of pyridine rings is 1. The van der Waals surface area contributed by atoms with E-state index in [0.29, 0.717) is 17.3 Å². The van der Waals surface area contributed by atoms with Gasteiger partial charge in [0.1, 0.15) is 15.6 Å². The highest BCUT2D eigenvalue weighted by atomic mass is 35.5. The van der Waals surface area contributed by atoms with Crippen molar-refractivity contribution in [3.8, 4) is 0 Å². The van der Waals surface area contributed by atoms with Gasteiger partial charge in [0.05, 0.1) is 5.02 Å². The summed E-state index contributed by atoms with van der Waals surface area (Å²) in [5.41, 5.74) is -0.949. The molecule has 1 aromatic rings. The van der Waals surface area contributed by atoms with Gasteiger partial charge in [-0.05, 0) is 19.1 Å². The van der Waals surface area contributed by atoms with E-state index >= 15 is 0 Å². The molecule has 0 bridgehead atoms. The third-order valence-corrected chi connectivity index (χ3v) is 4.36. The van der Waals surface area contributed by atoms with Crippen LogP contribution in [0.1, 0.15) is 13.3 Å². The molecule has 1 amide bonds. The second-order valence-corrected chi connectivity index (χ2v) is 6.62. The summed E-state index contributed by atoms with van der Waals surface area (Å²) in [6.07, 6.45) is 1.70. The first-order valence-corrected chi connectivity index (χ1v) is 6.84. The number of rotatable bonds is 4. The van der Waals surface area contributed by atoms with Gasteiger partial charge in [-0.25, -0.2) is 4.98 Å². The third-order valence-electron chi connectivity index (χ3n) is 3.04. The van der Waals surface area contributed by atoms with E-state index in [1.165, 1.54) is 12.3 Å². The summed E-state index contributed by atoms with van der Waals surface area (Å²) < 4.78 is 3.78. The first kappa shape index (κ1) is 15.4. The zero-order chi connectivity index (χ0) is 15.0. The molecular weight excluding hydrogens is 327 g/mol. The largest absolute Gasteiger partial charge is 0.455 e. The molecule has 0 saturated heterocycles. The molecule has 0 spiro atoms. The third kappa shape index (κ3) is 3.16. The monoisotopic (exact) mass is 336 g/mol. The summed E-state index contributed by atoms with van der Waals surface area (Å²) in [5.74, 6) is -0.786. The molecule has 1 aliphatic rings. The number of hydrogen-bond donors (Lipinski definition) is 1. The standard InChI is InChI=1S/C12H11Cl3N2O3/c1-11(6-12(11,14)15)10(19)20-5-9(18)17-8-3-2-7(13)4-16-8/h2-4H,5-6H2,1H3,(H,16,17,18). The summed E-state index contributed by atoms with van der Waals surface area (Å²) in [6, 6.07) is 3.11. The Bertz CT molecular complexity index is 547. The Morgan fingerprint density at radius 1 is 1.45 bits per heavy atom. The number of amides is 1. The zero-order valence-electron chi connectivity index (χ0n) is 10.5. The number of aromatic nitrogens is 1. The number of halogens is 3. The summed E-state index contributed by atoms with van der Waals surface area (Å²) >= 11 is 17.4. The van der Waals surface area contributed by atoms with Crippen LogP contribution in [0, 0.1) is 5.41 Å². The number of ether oxygens (including phenoxy) is 1. The Morgan fingerprint density at radius 3 is 2.60 bits per heavy atom. The van der Waals surface area contributed by atoms with Crippen LogP contribution >= 0.6 is 34.8 Å². The Morgan fingerprint density at radius 2 is 2.10 bits per heavy atom. The molecule has 1 saturated carbocycles. The molecule has 0 aliphatic heterocycles. The van der Waals surface area contributed by atoms with Crippen LogP contribution in [0.3, 0.4) is 0 Å². The maximum Gasteiger partial charge on any atom is 0.315 e. The van der Waals surface area contributed by atoms with E-state index in [9.17, 15) is 9.59 Å². The van der Waals surface area contributed by atoms with Gasteiger partial charge in [0.15, 0.2) is 6.61 Å². The molecule has 8 heteroatoms. The van der Waals surface area contributed by atoms with Crippen LogP contribution in [0.5, 0.6) is 0 Å². The SMILES string of the molecule is CC1(C(=O)OCC(=O)Nc2ccc(Cl)cn2)CC1(Cl)Cl. The fourth-order valence-electron chi connectivity index (χ4n) is 1.54. The van der Waals surface area contributed by atoms with E-state index in [0.717, 1.165) is 0 Å². The second kappa shape index (κ2) is 5.39. The second-order valence-electron chi connectivity index (χ2n) is 4.70. The molecular formula is C12H11Cl3N2O3. The topological polar surface area (TPSA) is 68.3 Å². The van der Waals surface area contributed by atoms with E-state index in [1.807, 2.05) is 0 Å². The van der Waals surface area contributed by atoms with Gasteiger partial charge in [-0.1, -0.05) is 11.6 Å². The average Bonchev–Trinajstić information content (AvgIpc) is 2.90. The molecule has 20 heavy (non-hydrogen) atoms. The molecule has 1 unspecified atom stereocenters. The molecule has 1 N–H and O–H groups in total. The minimum Gasteiger partial charge on any atom is -0.455 e. The van der Waals surface area contributed by atoms with Crippen LogP contribution in [0.4, 0.5) is 5.82 Å². The lowest BCUT2D eigenvalue weighted by Gasteiger charge is -2.11. The maximum atomic E-state index is 11.7. The molecule has 1 aliphatic carbocycles. The number of esters is 1. The molecule has 108 valence electrons. The van der Waals surface area contributed by atoms with Gasteiger partial charge in [0, 0.05) is 12.6 Å². The predicted octanol–water partition coefficient (Wildman–Crippen LogP) is 2.80. The quantitative estimate of drug-likeness (QED) is 0.677. The molecule has 1 fully saturated rings. The van der Waals surface area contributed by atoms with Gasteiger partial charge < -0.3 is 10.1 Å². The van der Waals surface area contributed by atoms with Crippen molar-refractivity contribution in [1.82, 2.24) is 4.98 Å². The van der Waals surface area contributed by atoms with Crippen molar-refractivity contribution >= 4 is 52.5 Å². The molecule has 0 radical (unpaired) electrons. The summed E-state index contributed by atoms with van der Waals surface area (Å²) in [5, 5.41) is 2.92. The Balaban J connectivity index is 1.81. The van der Waals surface area contributed by atoms with Crippen molar-refractivity contribution in [3.05, 3.63) is 23.4 Å². The molecule has 1 aromatic heterocycles. The van der Waals surface area contributed by atoms with Gasteiger partial charge in [-0.3, -0.25) is 9.59 Å². The first-order chi connectivity index (χ1) is 9.24. The Labute approximate surface area is 130 Å². The Hall–Kier alpha value is -1.04. The summed E-state index contributed by atoms with van der Waals surface area (Å²) in [7, 11) is 0. The zero-order valence-corrected chi connectivity index (χ0v) is 12.7. The summed E-state index contributed by atoms with van der Waals surface area (Å²) in [4.78, 5) is 27.2. The minimum atomic E-state index is -1.11. The Kier molecular flexibility index (Phi) is 4.14. The number of anilines is 1. The van der Waals surface area contributed by atoms with Gasteiger partial charge in [0.25, 0.3) is 5.91 Å². The van der Waals surface area contributed by atoms with Crippen molar-refractivity contribution in [1.29, 1.82) is 0 Å². The van der Waals surface area contributed by atoms with Gasteiger partial charge >= 0.3 is 5.97 Å². The van der Waals surface area contributed by atoms with Crippen LogP contribution in [-0.4, -0.2) is 27.8 Å². The van der Waals surface area contributed by atoms with Crippen molar-refractivity contribution in [3.63, 3.8) is 0 Å². The molecule has 2 rings (SSSR count). The molecule has 1 atom stereocenters. The number of carbonyl (C=O) groups excluding carboxylic acids is 2. The highest BCUT2D eigenvalue weighted by Gasteiger charge is 2.69. The van der Waals surface area contributed by atoms with Crippen LogP contribution < -0.4 is 5.32 Å². The van der Waals surface area contributed by atoms with Crippen LogP contribution in [0.15, 0.2) is 18.3 Å². The molecule has 5 nitrogen and oxygen atoms in total. The smallest absolute Gasteiger partial charge is 0.315 e. The lowest BCUT2D eigenvalue weighted by atomic mass is 10.1. The lowest BCUT2D eigenvalue weighted by molar-refractivity contribution is -0.152. The van der Waals surface area contributed by atoms with Crippen LogP contribution in [-0.2, 0) is 14.3 Å². The summed E-state index contributed by atoms with van der Waals surface area (Å²) in [6.45, 7) is 1.16. The average molecular weight is 338 g/mol. The van der Waals surface area contributed by atoms with Crippen molar-refractivity contribution in [2.24, 2.45) is 5.41 Å². The highest BCUT2D eigenvalue weighted by Crippen LogP contribution is 2.64. The number of nitrogens with zero attached hydrogens (tertiary/aromatic N) is 1. The fourth-order valence-corrected chi connectivity index (χ4v) is 2.34. The van der Waals surface area contributed by atoms with E-state index in [1.54, 1.807) is 13.0 Å². The lowest BCUT2D eigenvalue weighted by Crippen LogP contribution is -2.27. The maximum absolute atomic E-state index is 11.7. The van der Waals surface area contributed by atoms with E-state index < -0.39 is 28.2 Å². The van der Waals surface area contributed by atoms with Gasteiger partial charge in [0.2, 0.25) is 0 Å². The van der Waals surface area contributed by atoms with E-state index in [-0.39, 0.29) is 0 Å². The predicted molar refractivity (Wildman–Crippen MR) is 76.0 cm³/mol. The van der Waals surface area contributed by atoms with Crippen molar-refractivity contribution in [2.45, 2.75) is 17.7 Å². The van der Waals surface area contributed by atoms with E-state index in [2.05, 4.69) is 10.3 Å². The molecule has 1 heterocycles. The number of nitrogens with one attached hydrogen (secondary N) is 1. The molecule has 0 aromatic carbocycles. The number of hydrogen-bond acceptors (Lipinski definition) is 4. The van der Waals surface area contributed by atoms with Crippen molar-refractivity contribution in [2.75, 3.05) is 11.9 Å². The van der Waals surface area contributed by atoms with Crippen LogP contribution in [0.25, 0.3) is 0 Å².